The zero-order chi connectivity index (χ0) is 20.3. The molecule has 2 fully saturated rings. The van der Waals surface area contributed by atoms with Crippen LogP contribution < -0.4 is 10.1 Å². The number of amides is 2. The second-order valence-corrected chi connectivity index (χ2v) is 7.74. The van der Waals surface area contributed by atoms with E-state index < -0.39 is 11.5 Å². The number of ether oxygens (including phenoxy) is 1. The molecule has 1 saturated heterocycles. The first-order valence-electron chi connectivity index (χ1n) is 10.2. The summed E-state index contributed by atoms with van der Waals surface area (Å²) >= 11 is 0. The molecule has 0 spiro atoms. The van der Waals surface area contributed by atoms with Crippen LogP contribution in [0.2, 0.25) is 0 Å². The van der Waals surface area contributed by atoms with Gasteiger partial charge in [-0.1, -0.05) is 25.0 Å². The fourth-order valence-corrected chi connectivity index (χ4v) is 4.63. The second-order valence-electron chi connectivity index (χ2n) is 7.74. The maximum Gasteiger partial charge on any atom is 0.249 e. The SMILES string of the molecule is COc1ccc(C2(C(=O)N3CCC[C@@H]3C(=O)Nc3ncccn3)CCCC2)cc1. The Bertz CT molecular complexity index is 863. The van der Waals surface area contributed by atoms with Crippen molar-refractivity contribution in [3.63, 3.8) is 0 Å². The van der Waals surface area contributed by atoms with Crippen molar-refractivity contribution in [3.05, 3.63) is 48.3 Å². The molecule has 1 atom stereocenters. The number of nitrogens with one attached hydrogen (secondary N) is 1. The van der Waals surface area contributed by atoms with E-state index in [0.717, 1.165) is 43.4 Å². The topological polar surface area (TPSA) is 84.4 Å². The Labute approximate surface area is 170 Å². The Hall–Kier alpha value is -2.96. The van der Waals surface area contributed by atoms with Crippen LogP contribution in [0.3, 0.4) is 0 Å². The van der Waals surface area contributed by atoms with E-state index in [2.05, 4.69) is 15.3 Å². The molecule has 1 saturated carbocycles. The van der Waals surface area contributed by atoms with Crippen LogP contribution in [0.15, 0.2) is 42.7 Å². The van der Waals surface area contributed by atoms with Crippen molar-refractivity contribution in [1.29, 1.82) is 0 Å². The number of benzene rings is 1. The first-order valence-corrected chi connectivity index (χ1v) is 10.2. The number of carbonyl (C=O) groups is 2. The highest BCUT2D eigenvalue weighted by Crippen LogP contribution is 2.44. The van der Waals surface area contributed by atoms with E-state index in [9.17, 15) is 9.59 Å². The molecule has 4 rings (SSSR count). The van der Waals surface area contributed by atoms with Crippen LogP contribution in [0.4, 0.5) is 5.95 Å². The summed E-state index contributed by atoms with van der Waals surface area (Å²) in [7, 11) is 1.63. The summed E-state index contributed by atoms with van der Waals surface area (Å²) in [6, 6.07) is 9.00. The largest absolute Gasteiger partial charge is 0.497 e. The molecule has 1 aliphatic heterocycles. The van der Waals surface area contributed by atoms with Gasteiger partial charge in [-0.15, -0.1) is 0 Å². The molecule has 1 aromatic carbocycles. The molecule has 2 heterocycles. The lowest BCUT2D eigenvalue weighted by atomic mass is 9.77. The molecule has 7 nitrogen and oxygen atoms in total. The van der Waals surface area contributed by atoms with Gasteiger partial charge in [-0.05, 0) is 49.4 Å². The van der Waals surface area contributed by atoms with Gasteiger partial charge in [0.25, 0.3) is 0 Å². The highest BCUT2D eigenvalue weighted by atomic mass is 16.5. The molecular formula is C22H26N4O3. The van der Waals surface area contributed by atoms with E-state index in [1.54, 1.807) is 30.5 Å². The predicted octanol–water partition coefficient (Wildman–Crippen LogP) is 2.93. The van der Waals surface area contributed by atoms with E-state index in [-0.39, 0.29) is 17.8 Å². The van der Waals surface area contributed by atoms with Crippen molar-refractivity contribution >= 4 is 17.8 Å². The van der Waals surface area contributed by atoms with E-state index in [0.29, 0.717) is 13.0 Å². The Kier molecular flexibility index (Phi) is 5.47. The van der Waals surface area contributed by atoms with Crippen LogP contribution in [0.25, 0.3) is 0 Å². The van der Waals surface area contributed by atoms with Gasteiger partial charge >= 0.3 is 0 Å². The zero-order valence-electron chi connectivity index (χ0n) is 16.6. The summed E-state index contributed by atoms with van der Waals surface area (Å²) in [5, 5.41) is 2.76. The lowest BCUT2D eigenvalue weighted by Gasteiger charge is -2.35. The monoisotopic (exact) mass is 394 g/mol. The number of methoxy groups -OCH3 is 1. The van der Waals surface area contributed by atoms with Crippen molar-refractivity contribution in [2.75, 3.05) is 19.0 Å². The summed E-state index contributed by atoms with van der Waals surface area (Å²) in [6.07, 6.45) is 8.28. The van der Waals surface area contributed by atoms with Gasteiger partial charge in [-0.2, -0.15) is 0 Å². The van der Waals surface area contributed by atoms with Crippen LogP contribution in [-0.2, 0) is 15.0 Å². The Morgan fingerprint density at radius 2 is 1.79 bits per heavy atom. The van der Waals surface area contributed by atoms with Crippen LogP contribution in [-0.4, -0.2) is 46.4 Å². The number of hydrogen-bond donors (Lipinski definition) is 1. The summed E-state index contributed by atoms with van der Waals surface area (Å²) in [5.74, 6) is 0.884. The number of likely N-dealkylation sites (tertiary alicyclic amines) is 1. The number of anilines is 1. The van der Waals surface area contributed by atoms with Crippen LogP contribution >= 0.6 is 0 Å². The Morgan fingerprint density at radius 3 is 2.45 bits per heavy atom. The first-order chi connectivity index (χ1) is 14.1. The van der Waals surface area contributed by atoms with Crippen LogP contribution in [0.1, 0.15) is 44.1 Å². The summed E-state index contributed by atoms with van der Waals surface area (Å²) in [6.45, 7) is 0.602. The lowest BCUT2D eigenvalue weighted by molar-refractivity contribution is -0.141. The van der Waals surface area contributed by atoms with Gasteiger partial charge in [0.1, 0.15) is 11.8 Å². The van der Waals surface area contributed by atoms with Crippen molar-refractivity contribution in [1.82, 2.24) is 14.9 Å². The second kappa shape index (κ2) is 8.19. The fraction of sp³-hybridized carbons (Fsp3) is 0.455. The molecule has 2 amide bonds. The number of rotatable bonds is 5. The quantitative estimate of drug-likeness (QED) is 0.843. The molecule has 2 aromatic rings. The maximum absolute atomic E-state index is 13.8. The van der Waals surface area contributed by atoms with Crippen molar-refractivity contribution < 1.29 is 14.3 Å². The van der Waals surface area contributed by atoms with Crippen molar-refractivity contribution in [2.45, 2.75) is 50.0 Å². The van der Waals surface area contributed by atoms with E-state index in [1.807, 2.05) is 24.3 Å². The minimum atomic E-state index is -0.557. The van der Waals surface area contributed by atoms with Crippen molar-refractivity contribution in [3.8, 4) is 5.75 Å². The van der Waals surface area contributed by atoms with E-state index in [1.165, 1.54) is 0 Å². The van der Waals surface area contributed by atoms with E-state index in [4.69, 9.17) is 4.74 Å². The van der Waals surface area contributed by atoms with Crippen LogP contribution in [0, 0.1) is 0 Å². The molecular weight excluding hydrogens is 368 g/mol. The Morgan fingerprint density at radius 1 is 1.10 bits per heavy atom. The third-order valence-corrected chi connectivity index (χ3v) is 6.13. The molecule has 1 aliphatic carbocycles. The first kappa shape index (κ1) is 19.4. The number of hydrogen-bond acceptors (Lipinski definition) is 5. The molecule has 1 aromatic heterocycles. The third kappa shape index (κ3) is 3.69. The van der Waals surface area contributed by atoms with Gasteiger partial charge in [0.2, 0.25) is 17.8 Å². The average molecular weight is 394 g/mol. The normalized spacial score (nSPS) is 20.4. The summed E-state index contributed by atoms with van der Waals surface area (Å²) in [4.78, 5) is 36.5. The zero-order valence-corrected chi connectivity index (χ0v) is 16.6. The fourth-order valence-electron chi connectivity index (χ4n) is 4.63. The molecule has 7 heteroatoms. The maximum atomic E-state index is 13.8. The third-order valence-electron chi connectivity index (χ3n) is 6.13. The molecule has 1 N–H and O–H groups in total. The van der Waals surface area contributed by atoms with Gasteiger partial charge in [-0.3, -0.25) is 14.9 Å². The van der Waals surface area contributed by atoms with Gasteiger partial charge in [-0.25, -0.2) is 9.97 Å². The predicted molar refractivity (Wildman–Crippen MR) is 109 cm³/mol. The van der Waals surface area contributed by atoms with Gasteiger partial charge in [0, 0.05) is 18.9 Å². The lowest BCUT2D eigenvalue weighted by Crippen LogP contribution is -2.51. The number of carbonyl (C=O) groups excluding carboxylic acids is 2. The smallest absolute Gasteiger partial charge is 0.249 e. The molecule has 0 radical (unpaired) electrons. The van der Waals surface area contributed by atoms with Crippen LogP contribution in [0.5, 0.6) is 5.75 Å². The summed E-state index contributed by atoms with van der Waals surface area (Å²) in [5.41, 5.74) is 0.455. The Balaban J connectivity index is 1.57. The molecule has 29 heavy (non-hydrogen) atoms. The number of nitrogens with zero attached hydrogens (tertiary/aromatic N) is 3. The minimum Gasteiger partial charge on any atom is -0.497 e. The molecule has 152 valence electrons. The average Bonchev–Trinajstić information content (AvgIpc) is 3.45. The minimum absolute atomic E-state index is 0.0618. The van der Waals surface area contributed by atoms with E-state index >= 15 is 0 Å². The molecule has 2 aliphatic rings. The number of aromatic nitrogens is 2. The highest BCUT2D eigenvalue weighted by Gasteiger charge is 2.48. The van der Waals surface area contributed by atoms with Crippen molar-refractivity contribution in [2.24, 2.45) is 0 Å². The highest BCUT2D eigenvalue weighted by molar-refractivity contribution is 5.98. The molecule has 0 unspecified atom stereocenters. The van der Waals surface area contributed by atoms with Gasteiger partial charge in [0.15, 0.2) is 0 Å². The standard InChI is InChI=1S/C22H26N4O3/c1-29-17-9-7-16(8-10-17)22(11-2-3-12-22)20(28)26-15-4-6-18(26)19(27)25-21-23-13-5-14-24-21/h5,7-10,13-14,18H,2-4,6,11-12,15H2,1H3,(H,23,24,25,27)/t18-/m1/s1. The van der Waals surface area contributed by atoms with Gasteiger partial charge < -0.3 is 9.64 Å². The summed E-state index contributed by atoms with van der Waals surface area (Å²) < 4.78 is 5.27. The molecule has 0 bridgehead atoms. The van der Waals surface area contributed by atoms with Gasteiger partial charge in [0.05, 0.1) is 12.5 Å².